The number of rotatable bonds is 1. The molecule has 0 bridgehead atoms. The van der Waals surface area contributed by atoms with Crippen molar-refractivity contribution in [3.05, 3.63) is 53.8 Å². The SMILES string of the molecule is FC(F)(F)c1cc2cc(C3=CCC(Cl)C=C3)ccc2[nH]1. The number of hydrogen-bond donors (Lipinski definition) is 1. The molecule has 0 spiro atoms. The number of hydrogen-bond acceptors (Lipinski definition) is 0. The van der Waals surface area contributed by atoms with Gasteiger partial charge in [0, 0.05) is 10.9 Å². The van der Waals surface area contributed by atoms with Crippen molar-refractivity contribution in [3.8, 4) is 0 Å². The van der Waals surface area contributed by atoms with Crippen LogP contribution < -0.4 is 0 Å². The molecule has 1 heterocycles. The zero-order chi connectivity index (χ0) is 14.3. The van der Waals surface area contributed by atoms with Gasteiger partial charge < -0.3 is 4.98 Å². The van der Waals surface area contributed by atoms with Gasteiger partial charge in [-0.2, -0.15) is 13.2 Å². The van der Waals surface area contributed by atoms with Crippen molar-refractivity contribution >= 4 is 28.1 Å². The number of benzene rings is 1. The van der Waals surface area contributed by atoms with Crippen LogP contribution in [0.3, 0.4) is 0 Å². The Morgan fingerprint density at radius 3 is 2.65 bits per heavy atom. The third kappa shape index (κ3) is 2.48. The second kappa shape index (κ2) is 4.70. The summed E-state index contributed by atoms with van der Waals surface area (Å²) in [6.45, 7) is 0. The van der Waals surface area contributed by atoms with Crippen LogP contribution in [0.5, 0.6) is 0 Å². The van der Waals surface area contributed by atoms with Gasteiger partial charge in [0.2, 0.25) is 0 Å². The molecule has 3 rings (SSSR count). The van der Waals surface area contributed by atoms with Gasteiger partial charge in [-0.25, -0.2) is 0 Å². The van der Waals surface area contributed by atoms with Crippen LogP contribution in [0.15, 0.2) is 42.5 Å². The molecule has 104 valence electrons. The van der Waals surface area contributed by atoms with E-state index in [0.29, 0.717) is 10.9 Å². The van der Waals surface area contributed by atoms with Crippen molar-refractivity contribution in [2.45, 2.75) is 18.0 Å². The molecule has 1 aliphatic carbocycles. The Balaban J connectivity index is 2.01. The second-order valence-corrected chi connectivity index (χ2v) is 5.31. The zero-order valence-corrected chi connectivity index (χ0v) is 11.1. The van der Waals surface area contributed by atoms with Gasteiger partial charge in [-0.15, -0.1) is 11.6 Å². The summed E-state index contributed by atoms with van der Waals surface area (Å²) in [7, 11) is 0. The lowest BCUT2D eigenvalue weighted by Crippen LogP contribution is -2.04. The van der Waals surface area contributed by atoms with Gasteiger partial charge >= 0.3 is 6.18 Å². The second-order valence-electron chi connectivity index (χ2n) is 4.75. The van der Waals surface area contributed by atoms with Gasteiger partial charge in [0.1, 0.15) is 5.69 Å². The molecule has 0 saturated carbocycles. The van der Waals surface area contributed by atoms with Crippen molar-refractivity contribution in [1.82, 2.24) is 4.98 Å². The monoisotopic (exact) mass is 297 g/mol. The molecule has 0 radical (unpaired) electrons. The van der Waals surface area contributed by atoms with E-state index >= 15 is 0 Å². The molecule has 2 aromatic rings. The van der Waals surface area contributed by atoms with E-state index in [9.17, 15) is 13.2 Å². The number of nitrogens with one attached hydrogen (secondary N) is 1. The third-order valence-electron chi connectivity index (χ3n) is 3.31. The summed E-state index contributed by atoms with van der Waals surface area (Å²) in [4.78, 5) is 2.39. The van der Waals surface area contributed by atoms with Crippen LogP contribution in [-0.2, 0) is 6.18 Å². The van der Waals surface area contributed by atoms with Crippen LogP contribution in [0.2, 0.25) is 0 Å². The molecule has 1 N–H and O–H groups in total. The molecular formula is C15H11ClF3N. The maximum Gasteiger partial charge on any atom is 0.431 e. The van der Waals surface area contributed by atoms with Gasteiger partial charge in [-0.1, -0.05) is 24.3 Å². The van der Waals surface area contributed by atoms with Crippen molar-refractivity contribution in [1.29, 1.82) is 0 Å². The van der Waals surface area contributed by atoms with Crippen LogP contribution in [0.25, 0.3) is 16.5 Å². The first-order chi connectivity index (χ1) is 9.43. The van der Waals surface area contributed by atoms with E-state index in [-0.39, 0.29) is 5.38 Å². The number of allylic oxidation sites excluding steroid dienone is 4. The molecule has 5 heteroatoms. The average molecular weight is 298 g/mol. The highest BCUT2D eigenvalue weighted by Crippen LogP contribution is 2.32. The maximum atomic E-state index is 12.7. The van der Waals surface area contributed by atoms with Gasteiger partial charge in [0.25, 0.3) is 0 Å². The summed E-state index contributed by atoms with van der Waals surface area (Å²) in [6, 6.07) is 6.37. The Morgan fingerprint density at radius 1 is 1.20 bits per heavy atom. The maximum absolute atomic E-state index is 12.7. The van der Waals surface area contributed by atoms with E-state index in [4.69, 9.17) is 11.6 Å². The van der Waals surface area contributed by atoms with Crippen LogP contribution in [0.1, 0.15) is 17.7 Å². The lowest BCUT2D eigenvalue weighted by Gasteiger charge is -2.10. The highest BCUT2D eigenvalue weighted by molar-refractivity contribution is 6.22. The van der Waals surface area contributed by atoms with Crippen molar-refractivity contribution in [3.63, 3.8) is 0 Å². The average Bonchev–Trinajstić information content (AvgIpc) is 2.82. The predicted octanol–water partition coefficient (Wildman–Crippen LogP) is 5.14. The minimum absolute atomic E-state index is 0.00780. The van der Waals surface area contributed by atoms with Crippen LogP contribution in [0.4, 0.5) is 13.2 Å². The van der Waals surface area contributed by atoms with E-state index in [1.807, 2.05) is 24.3 Å². The van der Waals surface area contributed by atoms with Gasteiger partial charge in [-0.3, -0.25) is 0 Å². The van der Waals surface area contributed by atoms with E-state index in [1.54, 1.807) is 12.1 Å². The standard InChI is InChI=1S/C15H11ClF3N/c16-12-4-1-9(2-5-12)10-3-6-13-11(7-10)8-14(20-13)15(17,18)19/h1-4,6-8,12,20H,5H2. The molecule has 0 aliphatic heterocycles. The number of halogens is 4. The number of fused-ring (bicyclic) bond motifs is 1. The van der Waals surface area contributed by atoms with E-state index in [2.05, 4.69) is 4.98 Å². The molecule has 1 atom stereocenters. The smallest absolute Gasteiger partial charge is 0.351 e. The first kappa shape index (κ1) is 13.3. The Bertz CT molecular complexity index is 709. The fraction of sp³-hybridized carbons (Fsp3) is 0.200. The fourth-order valence-electron chi connectivity index (χ4n) is 2.27. The highest BCUT2D eigenvalue weighted by Gasteiger charge is 2.32. The largest absolute Gasteiger partial charge is 0.431 e. The van der Waals surface area contributed by atoms with Crippen LogP contribution in [0, 0.1) is 0 Å². The number of alkyl halides is 4. The van der Waals surface area contributed by atoms with Crippen LogP contribution >= 0.6 is 11.6 Å². The lowest BCUT2D eigenvalue weighted by atomic mass is 9.98. The molecule has 1 aromatic heterocycles. The molecule has 1 unspecified atom stereocenters. The summed E-state index contributed by atoms with van der Waals surface area (Å²) < 4.78 is 38.0. The number of H-pyrrole nitrogens is 1. The molecule has 0 amide bonds. The Morgan fingerprint density at radius 2 is 2.00 bits per heavy atom. The zero-order valence-electron chi connectivity index (χ0n) is 10.3. The highest BCUT2D eigenvalue weighted by atomic mass is 35.5. The first-order valence-electron chi connectivity index (χ1n) is 6.16. The molecule has 20 heavy (non-hydrogen) atoms. The minimum atomic E-state index is -4.35. The summed E-state index contributed by atoms with van der Waals surface area (Å²) >= 11 is 5.96. The molecule has 1 aliphatic rings. The molecule has 1 nitrogen and oxygen atoms in total. The molecule has 1 aromatic carbocycles. The minimum Gasteiger partial charge on any atom is -0.351 e. The Labute approximate surface area is 118 Å². The molecule has 0 fully saturated rings. The van der Waals surface area contributed by atoms with Crippen LogP contribution in [-0.4, -0.2) is 10.4 Å². The summed E-state index contributed by atoms with van der Waals surface area (Å²) in [5.74, 6) is 0. The van der Waals surface area contributed by atoms with E-state index in [0.717, 1.165) is 23.6 Å². The normalized spacial score (nSPS) is 19.4. The van der Waals surface area contributed by atoms with Crippen molar-refractivity contribution in [2.75, 3.05) is 0 Å². The topological polar surface area (TPSA) is 15.8 Å². The third-order valence-corrected chi connectivity index (χ3v) is 3.63. The first-order valence-corrected chi connectivity index (χ1v) is 6.60. The fourth-order valence-corrected chi connectivity index (χ4v) is 2.44. The van der Waals surface area contributed by atoms with Crippen molar-refractivity contribution < 1.29 is 13.2 Å². The molecular weight excluding hydrogens is 287 g/mol. The number of aromatic amines is 1. The van der Waals surface area contributed by atoms with Gasteiger partial charge in [0.15, 0.2) is 0 Å². The summed E-state index contributed by atoms with van der Waals surface area (Å²) in [5, 5.41) is 0.545. The summed E-state index contributed by atoms with van der Waals surface area (Å²) in [5.41, 5.74) is 1.64. The van der Waals surface area contributed by atoms with E-state index < -0.39 is 11.9 Å². The Kier molecular flexibility index (Phi) is 3.13. The van der Waals surface area contributed by atoms with Gasteiger partial charge in [0.05, 0.1) is 5.38 Å². The molecule has 0 saturated heterocycles. The van der Waals surface area contributed by atoms with Gasteiger partial charge in [-0.05, 0) is 35.8 Å². The predicted molar refractivity (Wildman–Crippen MR) is 74.7 cm³/mol. The quantitative estimate of drug-likeness (QED) is 0.702. The van der Waals surface area contributed by atoms with E-state index in [1.165, 1.54) is 0 Å². The Hall–Kier alpha value is -1.68. The number of aromatic nitrogens is 1. The lowest BCUT2D eigenvalue weighted by molar-refractivity contribution is -0.140. The van der Waals surface area contributed by atoms with Crippen molar-refractivity contribution in [2.24, 2.45) is 0 Å². The summed E-state index contributed by atoms with van der Waals surface area (Å²) in [6.07, 6.45) is 2.16.